The molecule has 0 aliphatic heterocycles. The molecule has 1 fully saturated rings. The van der Waals surface area contributed by atoms with Gasteiger partial charge in [-0.15, -0.1) is 11.3 Å². The highest BCUT2D eigenvalue weighted by Gasteiger charge is 2.35. The predicted molar refractivity (Wildman–Crippen MR) is 96.8 cm³/mol. The van der Waals surface area contributed by atoms with E-state index in [9.17, 15) is 9.59 Å². The molecule has 2 aromatic rings. The van der Waals surface area contributed by atoms with Crippen LogP contribution in [-0.4, -0.2) is 28.0 Å². The molecule has 7 heteroatoms. The van der Waals surface area contributed by atoms with Crippen LogP contribution < -0.4 is 5.32 Å². The van der Waals surface area contributed by atoms with Crippen LogP contribution in [-0.2, 0) is 15.1 Å². The molecule has 0 unspecified atom stereocenters. The second-order valence-electron chi connectivity index (χ2n) is 6.36. The number of hydrogen-bond donors (Lipinski definition) is 1. The molecule has 1 amide bonds. The molecule has 1 aliphatic carbocycles. The van der Waals surface area contributed by atoms with Crippen LogP contribution in [0.25, 0.3) is 0 Å². The van der Waals surface area contributed by atoms with Gasteiger partial charge >= 0.3 is 5.97 Å². The van der Waals surface area contributed by atoms with E-state index in [1.165, 1.54) is 17.8 Å². The topological polar surface area (TPSA) is 73.2 Å². The lowest BCUT2D eigenvalue weighted by molar-refractivity contribution is -0.118. The zero-order valence-electron chi connectivity index (χ0n) is 14.4. The Hall–Kier alpha value is -2.15. The van der Waals surface area contributed by atoms with Crippen molar-refractivity contribution in [2.45, 2.75) is 51.0 Å². The van der Waals surface area contributed by atoms with Gasteiger partial charge in [0.1, 0.15) is 0 Å². The standard InChI is InChI=1S/C18H23N3O3S/c1-2-24-16(23)14-13-25-17(19-14)20-15(22)12-18(8-4-3-5-9-18)21-10-6-7-11-21/h6-7,10-11,13H,2-5,8-9,12H2,1H3,(H,19,20,22). The fourth-order valence-electron chi connectivity index (χ4n) is 3.48. The molecule has 1 saturated carbocycles. The van der Waals surface area contributed by atoms with Crippen molar-refractivity contribution in [2.75, 3.05) is 11.9 Å². The van der Waals surface area contributed by atoms with E-state index in [1.54, 1.807) is 12.3 Å². The van der Waals surface area contributed by atoms with E-state index in [2.05, 4.69) is 14.9 Å². The average molecular weight is 361 g/mol. The molecule has 2 aromatic heterocycles. The maximum atomic E-state index is 12.6. The SMILES string of the molecule is CCOC(=O)c1csc(NC(=O)CC2(n3cccc3)CCCCC2)n1. The smallest absolute Gasteiger partial charge is 0.357 e. The minimum absolute atomic E-state index is 0.0691. The molecule has 0 atom stereocenters. The van der Waals surface area contributed by atoms with E-state index in [4.69, 9.17) is 4.74 Å². The average Bonchev–Trinajstić information content (AvgIpc) is 3.28. The summed E-state index contributed by atoms with van der Waals surface area (Å²) < 4.78 is 7.10. The summed E-state index contributed by atoms with van der Waals surface area (Å²) in [6.45, 7) is 2.05. The zero-order chi connectivity index (χ0) is 17.7. The number of rotatable bonds is 6. The molecule has 25 heavy (non-hydrogen) atoms. The van der Waals surface area contributed by atoms with Gasteiger partial charge in [-0.25, -0.2) is 9.78 Å². The van der Waals surface area contributed by atoms with Gasteiger partial charge in [-0.05, 0) is 31.9 Å². The summed E-state index contributed by atoms with van der Waals surface area (Å²) in [5.74, 6) is -0.532. The number of esters is 1. The van der Waals surface area contributed by atoms with Crippen molar-refractivity contribution < 1.29 is 14.3 Å². The Bertz CT molecular complexity index is 718. The number of carbonyl (C=O) groups excluding carboxylic acids is 2. The van der Waals surface area contributed by atoms with E-state index < -0.39 is 5.97 Å². The normalized spacial score (nSPS) is 16.4. The Labute approximate surface area is 151 Å². The van der Waals surface area contributed by atoms with Gasteiger partial charge in [0.15, 0.2) is 10.8 Å². The Kier molecular flexibility index (Phi) is 5.53. The molecular weight excluding hydrogens is 338 g/mol. The van der Waals surface area contributed by atoms with E-state index >= 15 is 0 Å². The van der Waals surface area contributed by atoms with Gasteiger partial charge in [0.2, 0.25) is 5.91 Å². The largest absolute Gasteiger partial charge is 0.461 e. The third kappa shape index (κ3) is 4.10. The summed E-state index contributed by atoms with van der Waals surface area (Å²) in [6, 6.07) is 4.00. The summed E-state index contributed by atoms with van der Waals surface area (Å²) in [5.41, 5.74) is 0.0764. The lowest BCUT2D eigenvalue weighted by Crippen LogP contribution is -2.38. The van der Waals surface area contributed by atoms with Crippen LogP contribution in [0.3, 0.4) is 0 Å². The number of anilines is 1. The maximum absolute atomic E-state index is 12.6. The number of hydrogen-bond acceptors (Lipinski definition) is 5. The van der Waals surface area contributed by atoms with Gasteiger partial charge in [-0.2, -0.15) is 0 Å². The third-order valence-electron chi connectivity index (χ3n) is 4.66. The van der Waals surface area contributed by atoms with Crippen LogP contribution >= 0.6 is 11.3 Å². The minimum Gasteiger partial charge on any atom is -0.461 e. The molecule has 0 aromatic carbocycles. The van der Waals surface area contributed by atoms with Crippen molar-refractivity contribution in [1.29, 1.82) is 0 Å². The van der Waals surface area contributed by atoms with Gasteiger partial charge in [0, 0.05) is 17.8 Å². The van der Waals surface area contributed by atoms with Crippen LogP contribution in [0.15, 0.2) is 29.9 Å². The highest BCUT2D eigenvalue weighted by Crippen LogP contribution is 2.38. The monoisotopic (exact) mass is 361 g/mol. The van der Waals surface area contributed by atoms with Gasteiger partial charge < -0.3 is 14.6 Å². The maximum Gasteiger partial charge on any atom is 0.357 e. The minimum atomic E-state index is -0.463. The Balaban J connectivity index is 1.67. The lowest BCUT2D eigenvalue weighted by Gasteiger charge is -2.38. The van der Waals surface area contributed by atoms with Crippen molar-refractivity contribution in [3.05, 3.63) is 35.6 Å². The highest BCUT2D eigenvalue weighted by molar-refractivity contribution is 7.14. The Morgan fingerprint density at radius 3 is 2.68 bits per heavy atom. The number of amides is 1. The molecule has 2 heterocycles. The van der Waals surface area contributed by atoms with Crippen molar-refractivity contribution in [3.63, 3.8) is 0 Å². The Morgan fingerprint density at radius 2 is 2.00 bits per heavy atom. The second-order valence-corrected chi connectivity index (χ2v) is 7.22. The fraction of sp³-hybridized carbons (Fsp3) is 0.500. The summed E-state index contributed by atoms with van der Waals surface area (Å²) in [7, 11) is 0. The number of aromatic nitrogens is 2. The summed E-state index contributed by atoms with van der Waals surface area (Å²) in [5, 5.41) is 4.88. The molecule has 134 valence electrons. The van der Waals surface area contributed by atoms with Crippen LogP contribution in [0.1, 0.15) is 55.9 Å². The van der Waals surface area contributed by atoms with Crippen molar-refractivity contribution in [3.8, 4) is 0 Å². The van der Waals surface area contributed by atoms with E-state index in [-0.39, 0.29) is 17.1 Å². The number of carbonyl (C=O) groups is 2. The third-order valence-corrected chi connectivity index (χ3v) is 5.42. The second kappa shape index (κ2) is 7.82. The van der Waals surface area contributed by atoms with Gasteiger partial charge in [0.25, 0.3) is 0 Å². The first-order valence-electron chi connectivity index (χ1n) is 8.69. The molecule has 0 radical (unpaired) electrons. The highest BCUT2D eigenvalue weighted by atomic mass is 32.1. The lowest BCUT2D eigenvalue weighted by atomic mass is 9.79. The van der Waals surface area contributed by atoms with Crippen LogP contribution in [0.4, 0.5) is 5.13 Å². The number of thiazole rings is 1. The molecule has 0 spiro atoms. The van der Waals surface area contributed by atoms with Gasteiger partial charge in [-0.1, -0.05) is 19.3 Å². The molecule has 0 saturated heterocycles. The first kappa shape index (κ1) is 17.7. The van der Waals surface area contributed by atoms with E-state index in [1.807, 2.05) is 24.5 Å². The van der Waals surface area contributed by atoms with E-state index in [0.29, 0.717) is 18.2 Å². The van der Waals surface area contributed by atoms with Crippen molar-refractivity contribution in [1.82, 2.24) is 9.55 Å². The molecule has 3 rings (SSSR count). The molecule has 0 bridgehead atoms. The number of nitrogens with one attached hydrogen (secondary N) is 1. The van der Waals surface area contributed by atoms with Crippen molar-refractivity contribution in [2.24, 2.45) is 0 Å². The Morgan fingerprint density at radius 1 is 1.28 bits per heavy atom. The van der Waals surface area contributed by atoms with Gasteiger partial charge in [-0.3, -0.25) is 4.79 Å². The first-order valence-corrected chi connectivity index (χ1v) is 9.57. The summed E-state index contributed by atoms with van der Waals surface area (Å²) >= 11 is 1.24. The summed E-state index contributed by atoms with van der Waals surface area (Å²) in [4.78, 5) is 28.4. The van der Waals surface area contributed by atoms with E-state index in [0.717, 1.165) is 25.7 Å². The summed E-state index contributed by atoms with van der Waals surface area (Å²) in [6.07, 6.45) is 9.99. The van der Waals surface area contributed by atoms with Gasteiger partial charge in [0.05, 0.1) is 18.6 Å². The predicted octanol–water partition coefficient (Wildman–Crippen LogP) is 3.81. The fourth-order valence-corrected chi connectivity index (χ4v) is 4.18. The van der Waals surface area contributed by atoms with Crippen molar-refractivity contribution >= 4 is 28.3 Å². The number of ether oxygens (including phenoxy) is 1. The molecular formula is C18H23N3O3S. The first-order chi connectivity index (χ1) is 12.1. The van der Waals surface area contributed by atoms with Crippen LogP contribution in [0, 0.1) is 0 Å². The molecule has 1 N–H and O–H groups in total. The molecule has 6 nitrogen and oxygen atoms in total. The van der Waals surface area contributed by atoms with Crippen LogP contribution in [0.2, 0.25) is 0 Å². The molecule has 1 aliphatic rings. The quantitative estimate of drug-likeness (QED) is 0.794. The van der Waals surface area contributed by atoms with Crippen LogP contribution in [0.5, 0.6) is 0 Å². The zero-order valence-corrected chi connectivity index (χ0v) is 15.2. The number of nitrogens with zero attached hydrogens (tertiary/aromatic N) is 2.